The molecule has 5 heteroatoms. The summed E-state index contributed by atoms with van der Waals surface area (Å²) in [6.45, 7) is 2.65. The van der Waals surface area contributed by atoms with Crippen molar-refractivity contribution in [3.63, 3.8) is 0 Å². The van der Waals surface area contributed by atoms with Crippen LogP contribution in [0.2, 0.25) is 0 Å². The molecule has 1 aliphatic heterocycles. The van der Waals surface area contributed by atoms with Crippen LogP contribution >= 0.6 is 11.8 Å². The van der Waals surface area contributed by atoms with Gasteiger partial charge in [-0.05, 0) is 71.8 Å². The van der Waals surface area contributed by atoms with Crippen molar-refractivity contribution in [2.45, 2.75) is 30.8 Å². The highest BCUT2D eigenvalue weighted by atomic mass is 32.2. The van der Waals surface area contributed by atoms with Crippen LogP contribution in [-0.2, 0) is 13.0 Å². The summed E-state index contributed by atoms with van der Waals surface area (Å²) >= 11 is 1.72. The van der Waals surface area contributed by atoms with Gasteiger partial charge in [-0.2, -0.15) is 0 Å². The van der Waals surface area contributed by atoms with E-state index in [1.807, 2.05) is 23.1 Å². The van der Waals surface area contributed by atoms with Gasteiger partial charge in [-0.3, -0.25) is 0 Å². The number of aryl methyl sites for hydroxylation is 1. The Morgan fingerprint density at radius 1 is 0.970 bits per heavy atom. The summed E-state index contributed by atoms with van der Waals surface area (Å²) in [5, 5.41) is 3.14. The minimum atomic E-state index is -0.210. The van der Waals surface area contributed by atoms with Crippen molar-refractivity contribution < 1.29 is 4.79 Å². The minimum absolute atomic E-state index is 0.109. The van der Waals surface area contributed by atoms with Gasteiger partial charge in [0.25, 0.3) is 0 Å². The van der Waals surface area contributed by atoms with E-state index in [0.717, 1.165) is 34.6 Å². The number of anilines is 1. The van der Waals surface area contributed by atoms with E-state index in [-0.39, 0.29) is 12.1 Å². The molecule has 2 heterocycles. The van der Waals surface area contributed by atoms with Crippen molar-refractivity contribution >= 4 is 23.5 Å². The van der Waals surface area contributed by atoms with Gasteiger partial charge < -0.3 is 14.8 Å². The van der Waals surface area contributed by atoms with Crippen molar-refractivity contribution in [3.05, 3.63) is 114 Å². The first kappa shape index (κ1) is 21.4. The van der Waals surface area contributed by atoms with E-state index < -0.39 is 0 Å². The van der Waals surface area contributed by atoms with Crippen LogP contribution in [-0.4, -0.2) is 21.8 Å². The molecule has 1 aliphatic rings. The second-order valence-corrected chi connectivity index (χ2v) is 9.10. The van der Waals surface area contributed by atoms with E-state index >= 15 is 0 Å². The second-order valence-electron chi connectivity index (χ2n) is 8.22. The molecule has 0 unspecified atom stereocenters. The standard InChI is InChI=1S/C28H27N3OS/c1-3-20-10-14-23(15-11-20)29-28(32)31-19-22-7-4-5-8-25(22)30-18-6-9-26(30)27(31)21-12-16-24(33-2)17-13-21/h4-18,27H,3,19H2,1-2H3,(H,29,32)/t27-/m0/s1. The van der Waals surface area contributed by atoms with Crippen molar-refractivity contribution in [2.24, 2.45) is 0 Å². The molecule has 2 amide bonds. The van der Waals surface area contributed by atoms with Gasteiger partial charge in [-0.1, -0.05) is 49.4 Å². The van der Waals surface area contributed by atoms with E-state index in [1.54, 1.807) is 11.8 Å². The summed E-state index contributed by atoms with van der Waals surface area (Å²) in [4.78, 5) is 16.9. The summed E-state index contributed by atoms with van der Waals surface area (Å²) in [6, 6.07) is 28.8. The Labute approximate surface area is 199 Å². The molecule has 0 radical (unpaired) electrons. The number of benzene rings is 3. The fraction of sp³-hybridized carbons (Fsp3) is 0.179. The lowest BCUT2D eigenvalue weighted by Gasteiger charge is -2.31. The third kappa shape index (κ3) is 4.16. The molecule has 33 heavy (non-hydrogen) atoms. The molecule has 0 spiro atoms. The molecule has 166 valence electrons. The molecule has 4 aromatic rings. The molecule has 0 fully saturated rings. The third-order valence-corrected chi connectivity index (χ3v) is 7.01. The Kier molecular flexibility index (Phi) is 5.97. The van der Waals surface area contributed by atoms with E-state index in [2.05, 4.69) is 96.0 Å². The van der Waals surface area contributed by atoms with Crippen LogP contribution in [0, 0.1) is 0 Å². The summed E-state index contributed by atoms with van der Waals surface area (Å²) in [5.41, 5.74) is 6.47. The number of urea groups is 1. The Balaban J connectivity index is 1.58. The lowest BCUT2D eigenvalue weighted by atomic mass is 10.0. The fourth-order valence-electron chi connectivity index (χ4n) is 4.50. The lowest BCUT2D eigenvalue weighted by Crippen LogP contribution is -2.37. The number of nitrogens with zero attached hydrogens (tertiary/aromatic N) is 2. The van der Waals surface area contributed by atoms with Gasteiger partial charge in [0.05, 0.1) is 18.3 Å². The van der Waals surface area contributed by atoms with E-state index in [9.17, 15) is 4.79 Å². The van der Waals surface area contributed by atoms with Gasteiger partial charge >= 0.3 is 6.03 Å². The predicted molar refractivity (Wildman–Crippen MR) is 136 cm³/mol. The largest absolute Gasteiger partial charge is 0.322 e. The molecule has 3 aromatic carbocycles. The van der Waals surface area contributed by atoms with Crippen LogP contribution in [0.4, 0.5) is 10.5 Å². The molecule has 0 aliphatic carbocycles. The van der Waals surface area contributed by atoms with E-state index in [1.165, 1.54) is 10.5 Å². The maximum absolute atomic E-state index is 13.7. The fourth-order valence-corrected chi connectivity index (χ4v) is 4.90. The van der Waals surface area contributed by atoms with Gasteiger partial charge in [0.1, 0.15) is 0 Å². The second kappa shape index (κ2) is 9.20. The SMILES string of the molecule is CCc1ccc(NC(=O)N2Cc3ccccc3-n3cccc3[C@@H]2c2ccc(SC)cc2)cc1. The Hall–Kier alpha value is -3.44. The summed E-state index contributed by atoms with van der Waals surface area (Å²) in [5.74, 6) is 0. The molecule has 1 atom stereocenters. The van der Waals surface area contributed by atoms with Crippen LogP contribution < -0.4 is 5.32 Å². The van der Waals surface area contributed by atoms with Crippen LogP contribution in [0.5, 0.6) is 0 Å². The number of hydrogen-bond donors (Lipinski definition) is 1. The quantitative estimate of drug-likeness (QED) is 0.341. The van der Waals surface area contributed by atoms with Crippen molar-refractivity contribution in [1.29, 1.82) is 0 Å². The first-order valence-electron chi connectivity index (χ1n) is 11.2. The highest BCUT2D eigenvalue weighted by Crippen LogP contribution is 2.37. The monoisotopic (exact) mass is 453 g/mol. The van der Waals surface area contributed by atoms with Crippen LogP contribution in [0.1, 0.15) is 35.3 Å². The van der Waals surface area contributed by atoms with Gasteiger partial charge in [-0.15, -0.1) is 11.8 Å². The normalized spacial score (nSPS) is 14.8. The molecule has 0 saturated heterocycles. The number of nitrogens with one attached hydrogen (secondary N) is 1. The van der Waals surface area contributed by atoms with Gasteiger partial charge in [0.2, 0.25) is 0 Å². The average Bonchev–Trinajstić information content (AvgIpc) is 3.29. The molecule has 1 N–H and O–H groups in total. The first-order valence-corrected chi connectivity index (χ1v) is 12.5. The topological polar surface area (TPSA) is 37.3 Å². The summed E-state index contributed by atoms with van der Waals surface area (Å²) in [7, 11) is 0. The Morgan fingerprint density at radius 2 is 1.73 bits per heavy atom. The zero-order valence-electron chi connectivity index (χ0n) is 18.9. The molecule has 1 aromatic heterocycles. The van der Waals surface area contributed by atoms with Gasteiger partial charge in [0, 0.05) is 22.5 Å². The average molecular weight is 454 g/mol. The molecular weight excluding hydrogens is 426 g/mol. The van der Waals surface area contributed by atoms with E-state index in [4.69, 9.17) is 0 Å². The van der Waals surface area contributed by atoms with Crippen molar-refractivity contribution in [2.75, 3.05) is 11.6 Å². The van der Waals surface area contributed by atoms with E-state index in [0.29, 0.717) is 6.54 Å². The highest BCUT2D eigenvalue weighted by Gasteiger charge is 2.33. The van der Waals surface area contributed by atoms with Gasteiger partial charge in [0.15, 0.2) is 0 Å². The highest BCUT2D eigenvalue weighted by molar-refractivity contribution is 7.98. The number of aromatic nitrogens is 1. The number of thioether (sulfide) groups is 1. The zero-order chi connectivity index (χ0) is 22.8. The van der Waals surface area contributed by atoms with Crippen LogP contribution in [0.15, 0.2) is 96.0 Å². The molecular formula is C28H27N3OS. The van der Waals surface area contributed by atoms with Crippen LogP contribution in [0.25, 0.3) is 5.69 Å². The van der Waals surface area contributed by atoms with Crippen molar-refractivity contribution in [3.8, 4) is 5.69 Å². The lowest BCUT2D eigenvalue weighted by molar-refractivity contribution is 0.194. The number of carbonyl (C=O) groups excluding carboxylic acids is 1. The number of amides is 2. The smallest absolute Gasteiger partial charge is 0.318 e. The van der Waals surface area contributed by atoms with Crippen LogP contribution in [0.3, 0.4) is 0 Å². The number of hydrogen-bond acceptors (Lipinski definition) is 2. The molecule has 5 rings (SSSR count). The number of fused-ring (bicyclic) bond motifs is 3. The zero-order valence-corrected chi connectivity index (χ0v) is 19.7. The Bertz CT molecular complexity index is 1260. The summed E-state index contributed by atoms with van der Waals surface area (Å²) in [6.07, 6.45) is 5.14. The maximum atomic E-state index is 13.7. The molecule has 0 bridgehead atoms. The minimum Gasteiger partial charge on any atom is -0.318 e. The predicted octanol–water partition coefficient (Wildman–Crippen LogP) is 6.90. The third-order valence-electron chi connectivity index (χ3n) is 6.27. The summed E-state index contributed by atoms with van der Waals surface area (Å²) < 4.78 is 2.21. The number of carbonyl (C=O) groups is 1. The molecule has 0 saturated carbocycles. The maximum Gasteiger partial charge on any atom is 0.322 e. The van der Waals surface area contributed by atoms with Gasteiger partial charge in [-0.25, -0.2) is 4.79 Å². The number of para-hydroxylation sites is 1. The Morgan fingerprint density at radius 3 is 2.45 bits per heavy atom. The molecule has 4 nitrogen and oxygen atoms in total. The number of rotatable bonds is 4. The van der Waals surface area contributed by atoms with Crippen molar-refractivity contribution in [1.82, 2.24) is 9.47 Å². The first-order chi connectivity index (χ1) is 16.2.